The molecular weight excluding hydrogens is 270 g/mol. The molecule has 1 rings (SSSR count). The van der Waals surface area contributed by atoms with Gasteiger partial charge in [0.05, 0.1) is 17.8 Å². The SMILES string of the molecule is CC(C)N(CCC(=O)O)C(=O)Nc1ccccc1N(C)C. The molecule has 0 atom stereocenters. The number of amides is 2. The van der Waals surface area contributed by atoms with Gasteiger partial charge in [-0.25, -0.2) is 4.79 Å². The Morgan fingerprint density at radius 2 is 1.86 bits per heavy atom. The molecule has 1 aromatic carbocycles. The normalized spacial score (nSPS) is 10.3. The number of hydrogen-bond acceptors (Lipinski definition) is 3. The highest BCUT2D eigenvalue weighted by Crippen LogP contribution is 2.24. The van der Waals surface area contributed by atoms with E-state index >= 15 is 0 Å². The lowest BCUT2D eigenvalue weighted by Crippen LogP contribution is -2.41. The van der Waals surface area contributed by atoms with Crippen LogP contribution in [-0.2, 0) is 4.79 Å². The summed E-state index contributed by atoms with van der Waals surface area (Å²) in [5.74, 6) is -0.915. The van der Waals surface area contributed by atoms with E-state index in [1.807, 2.05) is 57.1 Å². The van der Waals surface area contributed by atoms with Crippen LogP contribution in [0.4, 0.5) is 16.2 Å². The lowest BCUT2D eigenvalue weighted by atomic mass is 10.2. The van der Waals surface area contributed by atoms with E-state index in [2.05, 4.69) is 5.32 Å². The number of benzene rings is 1. The summed E-state index contributed by atoms with van der Waals surface area (Å²) in [7, 11) is 3.80. The molecule has 6 nitrogen and oxygen atoms in total. The first kappa shape index (κ1) is 16.8. The van der Waals surface area contributed by atoms with Crippen LogP contribution >= 0.6 is 0 Å². The second-order valence-corrected chi connectivity index (χ2v) is 5.27. The lowest BCUT2D eigenvalue weighted by molar-refractivity contribution is -0.137. The topological polar surface area (TPSA) is 72.9 Å². The van der Waals surface area contributed by atoms with E-state index in [1.165, 1.54) is 4.90 Å². The molecule has 0 heterocycles. The van der Waals surface area contributed by atoms with E-state index in [4.69, 9.17) is 5.11 Å². The van der Waals surface area contributed by atoms with Gasteiger partial charge in [0.15, 0.2) is 0 Å². The number of carboxylic acid groups (broad SMARTS) is 1. The fourth-order valence-electron chi connectivity index (χ4n) is 1.97. The fraction of sp³-hybridized carbons (Fsp3) is 0.467. The summed E-state index contributed by atoms with van der Waals surface area (Å²) in [6.45, 7) is 3.90. The van der Waals surface area contributed by atoms with Crippen molar-refractivity contribution in [2.45, 2.75) is 26.3 Å². The molecule has 2 N–H and O–H groups in total. The number of hydrogen-bond donors (Lipinski definition) is 2. The van der Waals surface area contributed by atoms with Crippen molar-refractivity contribution >= 4 is 23.4 Å². The average molecular weight is 293 g/mol. The van der Waals surface area contributed by atoms with Gasteiger partial charge in [-0.05, 0) is 26.0 Å². The zero-order chi connectivity index (χ0) is 16.0. The molecule has 0 bridgehead atoms. The van der Waals surface area contributed by atoms with Crippen molar-refractivity contribution in [2.75, 3.05) is 30.9 Å². The van der Waals surface area contributed by atoms with E-state index < -0.39 is 5.97 Å². The Morgan fingerprint density at radius 3 is 2.38 bits per heavy atom. The molecule has 0 radical (unpaired) electrons. The summed E-state index contributed by atoms with van der Waals surface area (Å²) in [6, 6.07) is 7.11. The Hall–Kier alpha value is -2.24. The number of nitrogens with one attached hydrogen (secondary N) is 1. The molecule has 0 aromatic heterocycles. The number of rotatable bonds is 6. The summed E-state index contributed by atoms with van der Waals surface area (Å²) in [5, 5.41) is 11.6. The van der Waals surface area contributed by atoms with Crippen molar-refractivity contribution in [3.8, 4) is 0 Å². The first-order chi connectivity index (χ1) is 9.82. The highest BCUT2D eigenvalue weighted by molar-refractivity contribution is 5.93. The molecule has 116 valence electrons. The van der Waals surface area contributed by atoms with Crippen LogP contribution in [0.3, 0.4) is 0 Å². The van der Waals surface area contributed by atoms with Gasteiger partial charge in [0, 0.05) is 26.7 Å². The summed E-state index contributed by atoms with van der Waals surface area (Å²) >= 11 is 0. The van der Waals surface area contributed by atoms with Crippen molar-refractivity contribution in [3.63, 3.8) is 0 Å². The molecule has 1 aromatic rings. The maximum absolute atomic E-state index is 12.3. The predicted molar refractivity (Wildman–Crippen MR) is 83.9 cm³/mol. The number of aliphatic carboxylic acids is 1. The van der Waals surface area contributed by atoms with E-state index in [1.54, 1.807) is 0 Å². The number of urea groups is 1. The van der Waals surface area contributed by atoms with Crippen LogP contribution in [0.1, 0.15) is 20.3 Å². The third kappa shape index (κ3) is 4.98. The third-order valence-corrected chi connectivity index (χ3v) is 3.08. The summed E-state index contributed by atoms with van der Waals surface area (Å²) in [6.07, 6.45) is -0.0685. The van der Waals surface area contributed by atoms with Crippen molar-refractivity contribution in [1.82, 2.24) is 4.90 Å². The third-order valence-electron chi connectivity index (χ3n) is 3.08. The number of para-hydroxylation sites is 2. The number of carboxylic acids is 1. The molecule has 0 saturated heterocycles. The zero-order valence-corrected chi connectivity index (χ0v) is 13.0. The molecule has 0 aliphatic heterocycles. The Morgan fingerprint density at radius 1 is 1.24 bits per heavy atom. The van der Waals surface area contributed by atoms with Crippen LogP contribution in [0.25, 0.3) is 0 Å². The maximum atomic E-state index is 12.3. The quantitative estimate of drug-likeness (QED) is 0.845. The van der Waals surface area contributed by atoms with Crippen LogP contribution in [0, 0.1) is 0 Å². The van der Waals surface area contributed by atoms with Crippen LogP contribution in [-0.4, -0.2) is 48.7 Å². The van der Waals surface area contributed by atoms with Crippen LogP contribution in [0.15, 0.2) is 24.3 Å². The summed E-state index contributed by atoms with van der Waals surface area (Å²) in [5.41, 5.74) is 1.60. The minimum absolute atomic E-state index is 0.0685. The molecule has 6 heteroatoms. The van der Waals surface area contributed by atoms with Gasteiger partial charge in [0.25, 0.3) is 0 Å². The minimum Gasteiger partial charge on any atom is -0.481 e. The molecule has 0 fully saturated rings. The first-order valence-corrected chi connectivity index (χ1v) is 6.88. The highest BCUT2D eigenvalue weighted by Gasteiger charge is 2.19. The van der Waals surface area contributed by atoms with Crippen molar-refractivity contribution in [1.29, 1.82) is 0 Å². The molecule has 21 heavy (non-hydrogen) atoms. The van der Waals surface area contributed by atoms with Gasteiger partial charge >= 0.3 is 12.0 Å². The van der Waals surface area contributed by atoms with Gasteiger partial charge in [-0.3, -0.25) is 4.79 Å². The van der Waals surface area contributed by atoms with E-state index in [0.717, 1.165) is 5.69 Å². The molecule has 0 spiro atoms. The standard InChI is InChI=1S/C15H23N3O3/c1-11(2)18(10-9-14(19)20)15(21)16-12-7-5-6-8-13(12)17(3)4/h5-8,11H,9-10H2,1-4H3,(H,16,21)(H,19,20). The van der Waals surface area contributed by atoms with Gasteiger partial charge in [-0.15, -0.1) is 0 Å². The number of anilines is 2. The van der Waals surface area contributed by atoms with E-state index in [9.17, 15) is 9.59 Å². The monoisotopic (exact) mass is 293 g/mol. The van der Waals surface area contributed by atoms with Crippen molar-refractivity contribution in [3.05, 3.63) is 24.3 Å². The number of nitrogens with zero attached hydrogens (tertiary/aromatic N) is 2. The van der Waals surface area contributed by atoms with E-state index in [0.29, 0.717) is 5.69 Å². The average Bonchev–Trinajstić information content (AvgIpc) is 2.38. The lowest BCUT2D eigenvalue weighted by Gasteiger charge is -2.27. The number of carbonyl (C=O) groups is 2. The van der Waals surface area contributed by atoms with Crippen LogP contribution < -0.4 is 10.2 Å². The van der Waals surface area contributed by atoms with Gasteiger partial charge < -0.3 is 20.2 Å². The molecule has 0 saturated carbocycles. The number of carbonyl (C=O) groups excluding carboxylic acids is 1. The molecule has 2 amide bonds. The smallest absolute Gasteiger partial charge is 0.322 e. The Bertz CT molecular complexity index is 501. The Balaban J connectivity index is 2.84. The largest absolute Gasteiger partial charge is 0.481 e. The minimum atomic E-state index is -0.915. The Labute approximate surface area is 125 Å². The molecule has 0 unspecified atom stereocenters. The molecular formula is C15H23N3O3. The van der Waals surface area contributed by atoms with Crippen LogP contribution in [0.5, 0.6) is 0 Å². The first-order valence-electron chi connectivity index (χ1n) is 6.88. The summed E-state index contributed by atoms with van der Waals surface area (Å²) < 4.78 is 0. The van der Waals surface area contributed by atoms with Crippen molar-refractivity contribution < 1.29 is 14.7 Å². The highest BCUT2D eigenvalue weighted by atomic mass is 16.4. The molecule has 0 aliphatic carbocycles. The van der Waals surface area contributed by atoms with Crippen LogP contribution in [0.2, 0.25) is 0 Å². The second kappa shape index (κ2) is 7.52. The zero-order valence-electron chi connectivity index (χ0n) is 13.0. The Kier molecular flexibility index (Phi) is 6.02. The maximum Gasteiger partial charge on any atom is 0.322 e. The second-order valence-electron chi connectivity index (χ2n) is 5.27. The fourth-order valence-corrected chi connectivity index (χ4v) is 1.97. The molecule has 0 aliphatic rings. The van der Waals surface area contributed by atoms with E-state index in [-0.39, 0.29) is 25.0 Å². The van der Waals surface area contributed by atoms with Gasteiger partial charge in [-0.2, -0.15) is 0 Å². The van der Waals surface area contributed by atoms with Gasteiger partial charge in [0.2, 0.25) is 0 Å². The van der Waals surface area contributed by atoms with Gasteiger partial charge in [-0.1, -0.05) is 12.1 Å². The predicted octanol–water partition coefficient (Wildman–Crippen LogP) is 2.47. The summed E-state index contributed by atoms with van der Waals surface area (Å²) in [4.78, 5) is 26.5. The van der Waals surface area contributed by atoms with Crippen molar-refractivity contribution in [2.24, 2.45) is 0 Å². The van der Waals surface area contributed by atoms with Gasteiger partial charge in [0.1, 0.15) is 0 Å².